The zero-order valence-corrected chi connectivity index (χ0v) is 11.3. The van der Waals surface area contributed by atoms with Gasteiger partial charge >= 0.3 is 0 Å². The average Bonchev–Trinajstić information content (AvgIpc) is 2.42. The topological polar surface area (TPSA) is 33.0 Å². The molecule has 0 amide bonds. The van der Waals surface area contributed by atoms with Gasteiger partial charge in [0.2, 0.25) is 0 Å². The van der Waals surface area contributed by atoms with E-state index in [1.165, 1.54) is 6.07 Å². The second-order valence-corrected chi connectivity index (χ2v) is 5.29. The van der Waals surface area contributed by atoms with Gasteiger partial charge in [0.1, 0.15) is 6.10 Å². The molecule has 0 N–H and O–H groups in total. The smallest absolute Gasteiger partial charge is 0.165 e. The number of hydrogen-bond donors (Lipinski definition) is 0. The summed E-state index contributed by atoms with van der Waals surface area (Å²) in [6.45, 7) is 2.17. The van der Waals surface area contributed by atoms with Crippen molar-refractivity contribution < 1.29 is 9.13 Å². The van der Waals surface area contributed by atoms with Crippen LogP contribution in [0.5, 0.6) is 5.75 Å². The fraction of sp³-hybridized carbons (Fsp3) is 0.562. The van der Waals surface area contributed by atoms with Gasteiger partial charge in [-0.1, -0.05) is 31.9 Å². The average molecular weight is 261 g/mol. The minimum atomic E-state index is -0.350. The van der Waals surface area contributed by atoms with Crippen LogP contribution in [0.3, 0.4) is 0 Å². The van der Waals surface area contributed by atoms with Crippen molar-refractivity contribution in [2.24, 2.45) is 11.8 Å². The summed E-state index contributed by atoms with van der Waals surface area (Å²) in [5.74, 6) is 0.404. The number of nitrogens with zero attached hydrogens (tertiary/aromatic N) is 1. The maximum atomic E-state index is 13.6. The largest absolute Gasteiger partial charge is 0.486 e. The van der Waals surface area contributed by atoms with Crippen molar-refractivity contribution >= 4 is 0 Å². The van der Waals surface area contributed by atoms with Crippen molar-refractivity contribution in [3.05, 3.63) is 30.1 Å². The van der Waals surface area contributed by atoms with Crippen LogP contribution in [0.2, 0.25) is 0 Å². The molecule has 0 radical (unpaired) electrons. The van der Waals surface area contributed by atoms with E-state index in [4.69, 9.17) is 4.74 Å². The molecule has 3 unspecified atom stereocenters. The molecular weight excluding hydrogens is 241 g/mol. The Morgan fingerprint density at radius 2 is 2.16 bits per heavy atom. The summed E-state index contributed by atoms with van der Waals surface area (Å²) in [4.78, 5) is 0. The predicted molar refractivity (Wildman–Crippen MR) is 72.2 cm³/mol. The van der Waals surface area contributed by atoms with E-state index in [9.17, 15) is 9.65 Å². The van der Waals surface area contributed by atoms with Gasteiger partial charge in [-0.2, -0.15) is 5.26 Å². The first-order valence-corrected chi connectivity index (χ1v) is 7.05. The van der Waals surface area contributed by atoms with Crippen LogP contribution in [0.1, 0.15) is 39.0 Å². The number of ether oxygens (including phenoxy) is 1. The molecule has 0 bridgehead atoms. The second kappa shape index (κ2) is 6.56. The third-order valence-corrected chi connectivity index (χ3v) is 3.88. The first kappa shape index (κ1) is 13.9. The summed E-state index contributed by atoms with van der Waals surface area (Å²) >= 11 is 0. The Hall–Kier alpha value is -1.56. The lowest BCUT2D eigenvalue weighted by Crippen LogP contribution is -2.33. The van der Waals surface area contributed by atoms with E-state index < -0.39 is 0 Å². The third-order valence-electron chi connectivity index (χ3n) is 3.88. The molecule has 2 rings (SSSR count). The molecule has 1 aromatic carbocycles. The Balaban J connectivity index is 2.07. The van der Waals surface area contributed by atoms with Crippen LogP contribution >= 0.6 is 0 Å². The Morgan fingerprint density at radius 1 is 1.37 bits per heavy atom. The molecule has 0 aliphatic heterocycles. The zero-order chi connectivity index (χ0) is 13.7. The molecule has 1 aliphatic rings. The number of nitriles is 1. The van der Waals surface area contributed by atoms with E-state index in [0.717, 1.165) is 32.1 Å². The standard InChI is InChI=1S/C16H20FNO/c1-2-5-12-8-9-13(11-18)16(10-12)19-15-7-4-3-6-14(15)17/h3-4,6-7,12-13,16H,2,5,8-10H2,1H3. The van der Waals surface area contributed by atoms with Gasteiger partial charge in [-0.05, 0) is 37.3 Å². The monoisotopic (exact) mass is 261 g/mol. The van der Waals surface area contributed by atoms with Gasteiger partial charge in [-0.3, -0.25) is 0 Å². The summed E-state index contributed by atoms with van der Waals surface area (Å²) in [5, 5.41) is 9.20. The molecule has 0 aromatic heterocycles. The van der Waals surface area contributed by atoms with Crippen LogP contribution < -0.4 is 4.74 Å². The van der Waals surface area contributed by atoms with E-state index >= 15 is 0 Å². The van der Waals surface area contributed by atoms with Gasteiger partial charge in [0.25, 0.3) is 0 Å². The Bertz CT molecular complexity index is 454. The van der Waals surface area contributed by atoms with Gasteiger partial charge in [0.05, 0.1) is 12.0 Å². The number of halogens is 1. The molecule has 102 valence electrons. The summed E-state index contributed by atoms with van der Waals surface area (Å²) < 4.78 is 19.4. The van der Waals surface area contributed by atoms with E-state index in [1.54, 1.807) is 18.2 Å². The van der Waals surface area contributed by atoms with Crippen molar-refractivity contribution in [3.8, 4) is 11.8 Å². The number of rotatable bonds is 4. The first-order chi connectivity index (χ1) is 9.24. The first-order valence-electron chi connectivity index (χ1n) is 7.05. The Labute approximate surface area is 114 Å². The fourth-order valence-electron chi connectivity index (χ4n) is 2.86. The van der Waals surface area contributed by atoms with E-state index in [-0.39, 0.29) is 23.6 Å². The van der Waals surface area contributed by atoms with E-state index in [2.05, 4.69) is 13.0 Å². The minimum absolute atomic E-state index is 0.118. The van der Waals surface area contributed by atoms with Crippen LogP contribution in [-0.4, -0.2) is 6.10 Å². The molecule has 1 aliphatic carbocycles. The maximum Gasteiger partial charge on any atom is 0.165 e. The van der Waals surface area contributed by atoms with Gasteiger partial charge in [-0.15, -0.1) is 0 Å². The highest BCUT2D eigenvalue weighted by Gasteiger charge is 2.32. The van der Waals surface area contributed by atoms with E-state index in [0.29, 0.717) is 5.92 Å². The molecule has 0 heterocycles. The van der Waals surface area contributed by atoms with E-state index in [1.807, 2.05) is 0 Å². The van der Waals surface area contributed by atoms with Gasteiger partial charge in [0.15, 0.2) is 11.6 Å². The fourth-order valence-corrected chi connectivity index (χ4v) is 2.86. The van der Waals surface area contributed by atoms with Crippen LogP contribution in [0.25, 0.3) is 0 Å². The molecule has 2 nitrogen and oxygen atoms in total. The minimum Gasteiger partial charge on any atom is -0.486 e. The third kappa shape index (κ3) is 3.47. The molecule has 1 saturated carbocycles. The van der Waals surface area contributed by atoms with Crippen LogP contribution in [0, 0.1) is 29.0 Å². The van der Waals surface area contributed by atoms with Crippen LogP contribution in [0.4, 0.5) is 4.39 Å². The summed E-state index contributed by atoms with van der Waals surface area (Å²) in [6, 6.07) is 8.73. The van der Waals surface area contributed by atoms with Gasteiger partial charge in [-0.25, -0.2) is 4.39 Å². The van der Waals surface area contributed by atoms with Crippen molar-refractivity contribution in [2.45, 2.75) is 45.1 Å². The summed E-state index contributed by atoms with van der Waals surface area (Å²) in [7, 11) is 0. The SMILES string of the molecule is CCCC1CCC(C#N)C(Oc2ccccc2F)C1. The number of benzene rings is 1. The lowest BCUT2D eigenvalue weighted by molar-refractivity contribution is 0.0837. The lowest BCUT2D eigenvalue weighted by Gasteiger charge is -2.33. The number of para-hydroxylation sites is 1. The molecule has 3 heteroatoms. The molecule has 1 aromatic rings. The lowest BCUT2D eigenvalue weighted by atomic mass is 9.78. The number of hydrogen-bond acceptors (Lipinski definition) is 2. The molecular formula is C16H20FNO. The van der Waals surface area contributed by atoms with Crippen molar-refractivity contribution in [2.75, 3.05) is 0 Å². The van der Waals surface area contributed by atoms with Crippen LogP contribution in [0.15, 0.2) is 24.3 Å². The quantitative estimate of drug-likeness (QED) is 0.809. The Kier molecular flexibility index (Phi) is 4.79. The molecule has 1 fully saturated rings. The highest BCUT2D eigenvalue weighted by Crippen LogP contribution is 2.34. The summed E-state index contributed by atoms with van der Waals surface area (Å²) in [6.07, 6.45) is 4.94. The highest BCUT2D eigenvalue weighted by molar-refractivity contribution is 5.24. The van der Waals surface area contributed by atoms with Gasteiger partial charge in [0, 0.05) is 0 Å². The molecule has 19 heavy (non-hydrogen) atoms. The molecule has 0 spiro atoms. The van der Waals surface area contributed by atoms with Crippen molar-refractivity contribution in [1.82, 2.24) is 0 Å². The van der Waals surface area contributed by atoms with Crippen molar-refractivity contribution in [1.29, 1.82) is 5.26 Å². The Morgan fingerprint density at radius 3 is 2.84 bits per heavy atom. The normalized spacial score (nSPS) is 26.7. The molecule has 0 saturated heterocycles. The predicted octanol–water partition coefficient (Wildman–Crippen LogP) is 4.31. The maximum absolute atomic E-state index is 13.6. The summed E-state index contributed by atoms with van der Waals surface area (Å²) in [5.41, 5.74) is 0. The van der Waals surface area contributed by atoms with Gasteiger partial charge < -0.3 is 4.74 Å². The van der Waals surface area contributed by atoms with Crippen molar-refractivity contribution in [3.63, 3.8) is 0 Å². The van der Waals surface area contributed by atoms with Crippen LogP contribution in [-0.2, 0) is 0 Å². The second-order valence-electron chi connectivity index (χ2n) is 5.29. The molecule has 3 atom stereocenters. The zero-order valence-electron chi connectivity index (χ0n) is 11.3. The highest BCUT2D eigenvalue weighted by atomic mass is 19.1.